The third kappa shape index (κ3) is 23.6. The lowest BCUT2D eigenvalue weighted by Crippen LogP contribution is -2.37. The van der Waals surface area contributed by atoms with Gasteiger partial charge in [0.1, 0.15) is 59.9 Å². The Hall–Kier alpha value is -10.9. The number of nitrogens with two attached hydrogens (primary N) is 2. The van der Waals surface area contributed by atoms with Crippen LogP contribution in [-0.4, -0.2) is 175 Å². The molecule has 0 saturated carbocycles. The standard InChI is InChI=1S/2C22H23FN4O5.C20H21FN2O6S.2C3H6N2O2/c2*1-13(28)24-10-17-11-27(22(30)32-17)16-6-7-18(19(23)8-16)15-4-2-14(3-5-15)9-25-20-12-31-26-21(20)29;1-13(24)22-10-17-11-23(20(25)28-17)16-7-8-18(19(21)9-16)15-5-3-14(4-6-15)12-27-30-29-26-2;2*4-2-1-7-5-3(2)6/h2*2-8,17,20,25H,9-12H2,1H3,(H,24,28)(H,26,29);3-9,17H,10-12H2,1-2H3,(H,22,24);2*2H,1,4H2,(H,5,6)/t17-,20+;17-,20-;17-;2*2-/m00010/s1. The molecule has 7 saturated heterocycles. The molecular formula is C70H79F3N14O20S. The fourth-order valence-corrected chi connectivity index (χ4v) is 11.0. The lowest BCUT2D eigenvalue weighted by molar-refractivity contribution is -0.167. The third-order valence-electron chi connectivity index (χ3n) is 16.4. The number of nitrogens with one attached hydrogen (secondary N) is 9. The summed E-state index contributed by atoms with van der Waals surface area (Å²) in [6.07, 6.45) is -3.19. The number of hydroxylamine groups is 4. The molecule has 0 spiro atoms. The summed E-state index contributed by atoms with van der Waals surface area (Å²) in [7, 11) is 1.38. The Kier molecular flexibility index (Phi) is 29.8. The number of hydrogen-bond donors (Lipinski definition) is 11. The Morgan fingerprint density at radius 2 is 0.778 bits per heavy atom. The van der Waals surface area contributed by atoms with Crippen LogP contribution in [0.25, 0.3) is 33.4 Å². The van der Waals surface area contributed by atoms with Crippen molar-refractivity contribution in [1.82, 2.24) is 48.5 Å². The van der Waals surface area contributed by atoms with Crippen LogP contribution in [0.5, 0.6) is 0 Å². The number of rotatable bonds is 23. The highest BCUT2D eigenvalue weighted by Crippen LogP contribution is 2.33. The van der Waals surface area contributed by atoms with Crippen molar-refractivity contribution in [2.24, 2.45) is 11.5 Å². The minimum atomic E-state index is -0.578. The van der Waals surface area contributed by atoms with Crippen molar-refractivity contribution >= 4 is 89.0 Å². The van der Waals surface area contributed by atoms with Gasteiger partial charge in [0.2, 0.25) is 17.7 Å². The first-order valence-electron chi connectivity index (χ1n) is 33.4. The van der Waals surface area contributed by atoms with E-state index in [1.807, 2.05) is 36.4 Å². The molecule has 7 aliphatic heterocycles. The van der Waals surface area contributed by atoms with Crippen LogP contribution in [0, 0.1) is 17.5 Å². The number of carbonyl (C=O) groups is 10. The van der Waals surface area contributed by atoms with Gasteiger partial charge in [-0.25, -0.2) is 54.4 Å². The Bertz CT molecular complexity index is 3990. The normalized spacial score (nSPS) is 20.4. The maximum Gasteiger partial charge on any atom is 0.414 e. The van der Waals surface area contributed by atoms with Crippen molar-refractivity contribution in [3.8, 4) is 33.4 Å². The summed E-state index contributed by atoms with van der Waals surface area (Å²) in [5.74, 6) is -2.90. The summed E-state index contributed by atoms with van der Waals surface area (Å²) in [4.78, 5) is 140. The van der Waals surface area contributed by atoms with E-state index >= 15 is 0 Å². The van der Waals surface area contributed by atoms with E-state index in [-0.39, 0.29) is 93.8 Å². The van der Waals surface area contributed by atoms with E-state index in [4.69, 9.17) is 39.5 Å². The lowest BCUT2D eigenvalue weighted by atomic mass is 10.0. The molecule has 10 amide bonds. The van der Waals surface area contributed by atoms with Crippen LogP contribution in [0.2, 0.25) is 0 Å². The van der Waals surface area contributed by atoms with Crippen molar-refractivity contribution in [3.05, 3.63) is 162 Å². The second kappa shape index (κ2) is 39.6. The summed E-state index contributed by atoms with van der Waals surface area (Å²) in [5, 5.41) is 14.0. The molecule has 0 aliphatic carbocycles. The van der Waals surface area contributed by atoms with Crippen LogP contribution in [0.1, 0.15) is 37.5 Å². The molecule has 13 rings (SSSR count). The number of nitrogens with zero attached hydrogens (tertiary/aromatic N) is 3. The second-order valence-electron chi connectivity index (χ2n) is 24.5. The molecule has 7 atom stereocenters. The Morgan fingerprint density at radius 3 is 1.04 bits per heavy atom. The maximum absolute atomic E-state index is 14.9. The van der Waals surface area contributed by atoms with E-state index in [0.29, 0.717) is 83.4 Å². The number of anilines is 3. The van der Waals surface area contributed by atoms with Gasteiger partial charge in [0.25, 0.3) is 23.6 Å². The van der Waals surface area contributed by atoms with Crippen molar-refractivity contribution in [3.63, 3.8) is 0 Å². The van der Waals surface area contributed by atoms with E-state index in [9.17, 15) is 61.1 Å². The molecule has 6 aromatic rings. The van der Waals surface area contributed by atoms with Crippen molar-refractivity contribution in [2.75, 3.05) is 87.5 Å². The topological polar surface area (TPSA) is 433 Å². The van der Waals surface area contributed by atoms with E-state index in [0.717, 1.165) is 29.0 Å². The molecule has 108 heavy (non-hydrogen) atoms. The Morgan fingerprint density at radius 1 is 0.463 bits per heavy atom. The number of carbonyl (C=O) groups excluding carboxylic acids is 10. The van der Waals surface area contributed by atoms with Crippen LogP contribution in [0.4, 0.5) is 44.6 Å². The van der Waals surface area contributed by atoms with E-state index < -0.39 is 78.2 Å². The third-order valence-corrected chi connectivity index (χ3v) is 16.8. The summed E-state index contributed by atoms with van der Waals surface area (Å²) in [6, 6.07) is 33.9. The monoisotopic (exact) mass is 1520 g/mol. The van der Waals surface area contributed by atoms with Gasteiger partial charge in [0, 0.05) is 50.6 Å². The highest BCUT2D eigenvalue weighted by atomic mass is 32.2. The van der Waals surface area contributed by atoms with Crippen LogP contribution in [0.3, 0.4) is 0 Å². The first kappa shape index (κ1) is 81.2. The molecule has 0 radical (unpaired) electrons. The fourth-order valence-electron chi connectivity index (χ4n) is 10.7. The SMILES string of the molecule is CC(=O)NC[C@H]1CN(c2ccc(-c3ccc(CN[C@@H]4CONC4=O)cc3)c(F)c2)C(=O)O1.CC(=O)NC[C@H]1CN(c2ccc(-c3ccc(CN[C@H]4CONC4=O)cc3)c(F)c2)C(=O)O1.COOSOCc1ccc(-c2ccc(N3C[C@H](CNC(C)=O)OC3=O)cc2F)cc1.N[C@@H]1CONC1=O.N[C@H]1CONC1=O. The molecule has 0 bridgehead atoms. The molecule has 0 unspecified atom stereocenters. The van der Waals surface area contributed by atoms with Gasteiger partial charge in [-0.05, 0) is 88.0 Å². The van der Waals surface area contributed by atoms with E-state index in [2.05, 4.69) is 67.4 Å². The zero-order valence-electron chi connectivity index (χ0n) is 58.6. The van der Waals surface area contributed by atoms with E-state index in [1.165, 1.54) is 60.8 Å². The van der Waals surface area contributed by atoms with Crippen LogP contribution >= 0.6 is 12.3 Å². The Labute approximate surface area is 620 Å². The Balaban J connectivity index is 0.000000171. The zero-order chi connectivity index (χ0) is 77.4. The molecule has 7 aliphatic rings. The summed E-state index contributed by atoms with van der Waals surface area (Å²) < 4.78 is 69.9. The molecular weight excluding hydrogens is 1450 g/mol. The number of benzene rings is 6. The number of ether oxygens (including phenoxy) is 3. The van der Waals surface area contributed by atoms with Gasteiger partial charge in [-0.15, -0.1) is 4.33 Å². The molecule has 7 fully saturated rings. The fraction of sp³-hybridized carbons (Fsp3) is 0.343. The first-order valence-corrected chi connectivity index (χ1v) is 34.0. The van der Waals surface area contributed by atoms with Crippen molar-refractivity contribution < 1.29 is 108 Å². The van der Waals surface area contributed by atoms with Gasteiger partial charge in [-0.3, -0.25) is 82.4 Å². The van der Waals surface area contributed by atoms with Gasteiger partial charge in [0.05, 0.1) is 96.5 Å². The predicted octanol–water partition coefficient (Wildman–Crippen LogP) is 3.31. The minimum absolute atomic E-state index is 0.202. The van der Waals surface area contributed by atoms with Crippen LogP contribution in [-0.2, 0) is 100 Å². The second-order valence-corrected chi connectivity index (χ2v) is 25.0. The average molecular weight is 1530 g/mol. The smallest absolute Gasteiger partial charge is 0.414 e. The zero-order valence-corrected chi connectivity index (χ0v) is 59.4. The van der Waals surface area contributed by atoms with Gasteiger partial charge in [-0.1, -0.05) is 72.8 Å². The summed E-state index contributed by atoms with van der Waals surface area (Å²) >= 11 is 0.724. The molecule has 7 heterocycles. The predicted molar refractivity (Wildman–Crippen MR) is 378 cm³/mol. The first-order chi connectivity index (χ1) is 51.9. The van der Waals surface area contributed by atoms with Gasteiger partial charge in [-0.2, -0.15) is 0 Å². The summed E-state index contributed by atoms with van der Waals surface area (Å²) in [5.41, 5.74) is 26.3. The quantitative estimate of drug-likeness (QED) is 0.0144. The highest BCUT2D eigenvalue weighted by molar-refractivity contribution is 7.89. The number of hydrogen-bond acceptors (Lipinski definition) is 25. The van der Waals surface area contributed by atoms with Gasteiger partial charge in [0.15, 0.2) is 12.3 Å². The van der Waals surface area contributed by atoms with E-state index in [1.54, 1.807) is 72.8 Å². The summed E-state index contributed by atoms with van der Waals surface area (Å²) in [6.45, 7) is 7.83. The molecule has 34 nitrogen and oxygen atoms in total. The largest absolute Gasteiger partial charge is 0.442 e. The number of cyclic esters (lactones) is 3. The minimum Gasteiger partial charge on any atom is -0.442 e. The molecule has 6 aromatic carbocycles. The average Bonchev–Trinajstić information content (AvgIpc) is 1.59. The molecule has 13 N–H and O–H groups in total. The van der Waals surface area contributed by atoms with Gasteiger partial charge >= 0.3 is 18.3 Å². The number of halogens is 3. The highest BCUT2D eigenvalue weighted by Gasteiger charge is 2.36. The van der Waals surface area contributed by atoms with Crippen molar-refractivity contribution in [1.29, 1.82) is 0 Å². The van der Waals surface area contributed by atoms with Crippen LogP contribution in [0.15, 0.2) is 127 Å². The molecule has 576 valence electrons. The maximum atomic E-state index is 14.9. The van der Waals surface area contributed by atoms with Crippen molar-refractivity contribution in [2.45, 2.75) is 82.9 Å². The van der Waals surface area contributed by atoms with Crippen LogP contribution < -0.4 is 74.7 Å². The number of amides is 10. The lowest BCUT2D eigenvalue weighted by Gasteiger charge is -2.15. The molecule has 38 heteroatoms. The van der Waals surface area contributed by atoms with Gasteiger partial charge < -0.3 is 41.6 Å². The molecule has 0 aromatic heterocycles.